The van der Waals surface area contributed by atoms with Gasteiger partial charge >= 0.3 is 5.69 Å². The fourth-order valence-electron chi connectivity index (χ4n) is 1.58. The molecule has 1 aromatic carbocycles. The van der Waals surface area contributed by atoms with Crippen molar-refractivity contribution >= 4 is 11.6 Å². The van der Waals surface area contributed by atoms with Crippen molar-refractivity contribution in [1.29, 1.82) is 0 Å². The van der Waals surface area contributed by atoms with Gasteiger partial charge in [0.2, 0.25) is 0 Å². The minimum atomic E-state index is -0.654. The van der Waals surface area contributed by atoms with Crippen LogP contribution in [0, 0.1) is 12.7 Å². The summed E-state index contributed by atoms with van der Waals surface area (Å²) < 4.78 is 14.4. The van der Waals surface area contributed by atoms with Crippen LogP contribution in [0.1, 0.15) is 11.1 Å². The third kappa shape index (κ3) is 2.22. The molecule has 1 aromatic heterocycles. The zero-order chi connectivity index (χ0) is 13.3. The van der Waals surface area contributed by atoms with E-state index < -0.39 is 17.1 Å². The first kappa shape index (κ1) is 12.6. The molecule has 6 heteroatoms. The normalized spacial score (nSPS) is 10.6. The van der Waals surface area contributed by atoms with Crippen LogP contribution in [0.3, 0.4) is 0 Å². The molecule has 1 heterocycles. The summed E-state index contributed by atoms with van der Waals surface area (Å²) in [5.74, 6) is -0.462. The lowest BCUT2D eigenvalue weighted by Gasteiger charge is -2.07. The molecule has 94 valence electrons. The minimum absolute atomic E-state index is 0.00906. The van der Waals surface area contributed by atoms with E-state index >= 15 is 0 Å². The highest BCUT2D eigenvalue weighted by atomic mass is 35.5. The standard InChI is InChI=1S/C12H10ClFN2O2/c1-7-10(13)15-12(18)16(11(7)17)6-8-4-2-3-5-9(8)14/h2-5H,6H2,1H3,(H,15,18). The lowest BCUT2D eigenvalue weighted by atomic mass is 10.2. The number of rotatable bonds is 2. The quantitative estimate of drug-likeness (QED) is 0.843. The van der Waals surface area contributed by atoms with Gasteiger partial charge < -0.3 is 0 Å². The van der Waals surface area contributed by atoms with Crippen molar-refractivity contribution in [3.05, 3.63) is 67.2 Å². The number of hydrogen-bond donors (Lipinski definition) is 1. The number of H-pyrrole nitrogens is 1. The van der Waals surface area contributed by atoms with Crippen molar-refractivity contribution in [3.63, 3.8) is 0 Å². The molecule has 0 aliphatic carbocycles. The molecule has 4 nitrogen and oxygen atoms in total. The molecule has 0 aliphatic rings. The van der Waals surface area contributed by atoms with E-state index in [9.17, 15) is 14.0 Å². The minimum Gasteiger partial charge on any atom is -0.297 e. The molecule has 0 unspecified atom stereocenters. The molecule has 1 N–H and O–H groups in total. The Hall–Kier alpha value is -1.88. The lowest BCUT2D eigenvalue weighted by molar-refractivity contribution is 0.588. The van der Waals surface area contributed by atoms with Crippen molar-refractivity contribution in [2.75, 3.05) is 0 Å². The van der Waals surface area contributed by atoms with E-state index in [2.05, 4.69) is 4.98 Å². The molecular weight excluding hydrogens is 259 g/mol. The maximum absolute atomic E-state index is 13.5. The molecule has 0 spiro atoms. The average molecular weight is 269 g/mol. The Bertz CT molecular complexity index is 706. The van der Waals surface area contributed by atoms with Crippen LogP contribution >= 0.6 is 11.6 Å². The van der Waals surface area contributed by atoms with Gasteiger partial charge in [0.05, 0.1) is 6.54 Å². The van der Waals surface area contributed by atoms with E-state index in [1.165, 1.54) is 19.1 Å². The van der Waals surface area contributed by atoms with Gasteiger partial charge in [-0.3, -0.25) is 14.3 Å². The van der Waals surface area contributed by atoms with Crippen LogP contribution in [-0.4, -0.2) is 9.55 Å². The molecule has 0 atom stereocenters. The summed E-state index contributed by atoms with van der Waals surface area (Å²) in [6, 6.07) is 5.97. The summed E-state index contributed by atoms with van der Waals surface area (Å²) in [6.07, 6.45) is 0. The predicted octanol–water partition coefficient (Wildman–Crippen LogP) is 1.69. The van der Waals surface area contributed by atoms with Gasteiger partial charge in [-0.25, -0.2) is 9.18 Å². The van der Waals surface area contributed by atoms with Gasteiger partial charge in [0.1, 0.15) is 11.0 Å². The monoisotopic (exact) mass is 268 g/mol. The Labute approximate surface area is 107 Å². The molecule has 0 bridgehead atoms. The van der Waals surface area contributed by atoms with Gasteiger partial charge in [0, 0.05) is 11.1 Å². The fourth-order valence-corrected chi connectivity index (χ4v) is 1.75. The topological polar surface area (TPSA) is 54.9 Å². The molecule has 0 saturated carbocycles. The van der Waals surface area contributed by atoms with Gasteiger partial charge in [0.25, 0.3) is 5.56 Å². The highest BCUT2D eigenvalue weighted by molar-refractivity contribution is 6.30. The van der Waals surface area contributed by atoms with E-state index in [1.807, 2.05) is 0 Å². The maximum atomic E-state index is 13.5. The van der Waals surface area contributed by atoms with Gasteiger partial charge in [-0.1, -0.05) is 29.8 Å². The van der Waals surface area contributed by atoms with Gasteiger partial charge in [-0.2, -0.15) is 0 Å². The Morgan fingerprint density at radius 2 is 2.00 bits per heavy atom. The van der Waals surface area contributed by atoms with Crippen LogP contribution in [0.5, 0.6) is 0 Å². The average Bonchev–Trinajstić information content (AvgIpc) is 2.34. The van der Waals surface area contributed by atoms with E-state index in [0.29, 0.717) is 0 Å². The van der Waals surface area contributed by atoms with E-state index in [1.54, 1.807) is 12.1 Å². The van der Waals surface area contributed by atoms with Crippen LogP contribution < -0.4 is 11.2 Å². The van der Waals surface area contributed by atoms with Crippen LogP contribution in [0.15, 0.2) is 33.9 Å². The third-order valence-corrected chi connectivity index (χ3v) is 3.02. The largest absolute Gasteiger partial charge is 0.329 e. The maximum Gasteiger partial charge on any atom is 0.329 e. The van der Waals surface area contributed by atoms with E-state index in [-0.39, 0.29) is 22.8 Å². The molecule has 2 rings (SSSR count). The first-order valence-electron chi connectivity index (χ1n) is 5.23. The zero-order valence-electron chi connectivity index (χ0n) is 9.54. The highest BCUT2D eigenvalue weighted by Crippen LogP contribution is 2.08. The SMILES string of the molecule is Cc1c(Cl)[nH]c(=O)n(Cc2ccccc2F)c1=O. The molecule has 0 saturated heterocycles. The third-order valence-electron chi connectivity index (χ3n) is 2.64. The first-order valence-corrected chi connectivity index (χ1v) is 5.61. The van der Waals surface area contributed by atoms with Crippen LogP contribution in [-0.2, 0) is 6.54 Å². The van der Waals surface area contributed by atoms with Crippen molar-refractivity contribution < 1.29 is 4.39 Å². The molecular formula is C12H10ClFN2O2. The van der Waals surface area contributed by atoms with Gasteiger partial charge in [0.15, 0.2) is 0 Å². The fraction of sp³-hybridized carbons (Fsp3) is 0.167. The second kappa shape index (κ2) is 4.78. The zero-order valence-corrected chi connectivity index (χ0v) is 10.3. The second-order valence-electron chi connectivity index (χ2n) is 3.85. The van der Waals surface area contributed by atoms with E-state index in [4.69, 9.17) is 11.6 Å². The van der Waals surface area contributed by atoms with E-state index in [0.717, 1.165) is 4.57 Å². The first-order chi connectivity index (χ1) is 8.50. The summed E-state index contributed by atoms with van der Waals surface area (Å²) in [7, 11) is 0. The number of benzene rings is 1. The predicted molar refractivity (Wildman–Crippen MR) is 66.6 cm³/mol. The van der Waals surface area contributed by atoms with Crippen LogP contribution in [0.25, 0.3) is 0 Å². The Kier molecular flexibility index (Phi) is 3.34. The molecule has 0 radical (unpaired) electrons. The molecule has 0 aliphatic heterocycles. The summed E-state index contributed by atoms with van der Waals surface area (Å²) in [5.41, 5.74) is -0.676. The Balaban J connectivity index is 2.55. The van der Waals surface area contributed by atoms with Gasteiger partial charge in [-0.15, -0.1) is 0 Å². The molecule has 0 amide bonds. The smallest absolute Gasteiger partial charge is 0.297 e. The number of halogens is 2. The summed E-state index contributed by atoms with van der Waals surface area (Å²) in [5, 5.41) is 0.00906. The summed E-state index contributed by atoms with van der Waals surface area (Å²) in [6.45, 7) is 1.37. The van der Waals surface area contributed by atoms with Crippen molar-refractivity contribution in [1.82, 2.24) is 9.55 Å². The van der Waals surface area contributed by atoms with Crippen molar-refractivity contribution in [2.45, 2.75) is 13.5 Å². The number of nitrogens with zero attached hydrogens (tertiary/aromatic N) is 1. The molecule has 2 aromatic rings. The summed E-state index contributed by atoms with van der Waals surface area (Å²) >= 11 is 5.68. The summed E-state index contributed by atoms with van der Waals surface area (Å²) in [4.78, 5) is 25.8. The lowest BCUT2D eigenvalue weighted by Crippen LogP contribution is -2.37. The highest BCUT2D eigenvalue weighted by Gasteiger charge is 2.10. The second-order valence-corrected chi connectivity index (χ2v) is 4.23. The van der Waals surface area contributed by atoms with Crippen LogP contribution in [0.4, 0.5) is 4.39 Å². The number of nitrogens with one attached hydrogen (secondary N) is 1. The number of aromatic nitrogens is 2. The number of hydrogen-bond acceptors (Lipinski definition) is 2. The van der Waals surface area contributed by atoms with Crippen molar-refractivity contribution in [2.24, 2.45) is 0 Å². The molecule has 18 heavy (non-hydrogen) atoms. The van der Waals surface area contributed by atoms with Crippen molar-refractivity contribution in [3.8, 4) is 0 Å². The van der Waals surface area contributed by atoms with Gasteiger partial charge in [-0.05, 0) is 13.0 Å². The Morgan fingerprint density at radius 3 is 2.67 bits per heavy atom. The number of aromatic amines is 1. The molecule has 0 fully saturated rings. The van der Waals surface area contributed by atoms with Crippen LogP contribution in [0.2, 0.25) is 5.15 Å². The Morgan fingerprint density at radius 1 is 1.33 bits per heavy atom.